The fraction of sp³-hybridized carbons (Fsp3) is 0.875. The molecule has 0 rings (SSSR count). The fourth-order valence-electron chi connectivity index (χ4n) is 0.841. The highest BCUT2D eigenvalue weighted by Crippen LogP contribution is 2.10. The van der Waals surface area contributed by atoms with E-state index < -0.39 is 18.2 Å². The van der Waals surface area contributed by atoms with Crippen LogP contribution in [0.1, 0.15) is 13.8 Å². The van der Waals surface area contributed by atoms with Crippen molar-refractivity contribution in [3.05, 3.63) is 0 Å². The molecule has 0 saturated carbocycles. The first-order valence-corrected chi connectivity index (χ1v) is 3.83. The van der Waals surface area contributed by atoms with Gasteiger partial charge in [0.2, 0.25) is 0 Å². The van der Waals surface area contributed by atoms with E-state index in [0.717, 1.165) is 0 Å². The van der Waals surface area contributed by atoms with Crippen molar-refractivity contribution in [1.29, 1.82) is 0 Å². The van der Waals surface area contributed by atoms with Crippen LogP contribution < -0.4 is 0 Å². The third-order valence-corrected chi connectivity index (χ3v) is 1.68. The molecule has 0 fully saturated rings. The Bertz CT molecular complexity index is 144. The first-order chi connectivity index (χ1) is 5.54. The molecule has 0 unspecified atom stereocenters. The van der Waals surface area contributed by atoms with Crippen molar-refractivity contribution in [2.45, 2.75) is 26.1 Å². The number of aliphatic hydroxyl groups is 1. The maximum absolute atomic E-state index is 11.0. The molecule has 2 atom stereocenters. The average molecular weight is 176 g/mol. The highest BCUT2D eigenvalue weighted by Gasteiger charge is 2.29. The van der Waals surface area contributed by atoms with Gasteiger partial charge in [-0.05, 0) is 5.92 Å². The maximum atomic E-state index is 11.0. The Hall–Kier alpha value is -0.610. The van der Waals surface area contributed by atoms with Crippen molar-refractivity contribution in [2.24, 2.45) is 5.92 Å². The van der Waals surface area contributed by atoms with Crippen molar-refractivity contribution in [3.63, 3.8) is 0 Å². The number of aliphatic hydroxyl groups excluding tert-OH is 1. The van der Waals surface area contributed by atoms with Crippen LogP contribution in [-0.2, 0) is 14.3 Å². The van der Waals surface area contributed by atoms with Crippen molar-refractivity contribution >= 4 is 5.97 Å². The molecule has 0 aromatic heterocycles. The molecule has 0 aliphatic heterocycles. The average Bonchev–Trinajstić information content (AvgIpc) is 2.05. The van der Waals surface area contributed by atoms with Gasteiger partial charge in [-0.2, -0.15) is 0 Å². The summed E-state index contributed by atoms with van der Waals surface area (Å²) in [6, 6.07) is 0. The molecule has 0 aromatic carbocycles. The van der Waals surface area contributed by atoms with E-state index in [9.17, 15) is 9.90 Å². The van der Waals surface area contributed by atoms with Gasteiger partial charge in [0.25, 0.3) is 0 Å². The van der Waals surface area contributed by atoms with E-state index in [1.165, 1.54) is 14.2 Å². The molecule has 0 heterocycles. The SMILES string of the molecule is COC(=O)[C@H](OC)[C@@H](O)C(C)C. The predicted octanol–water partition coefficient (Wildman–Crippen LogP) is 0.191. The van der Waals surface area contributed by atoms with Crippen LogP contribution in [0.2, 0.25) is 0 Å². The van der Waals surface area contributed by atoms with Crippen LogP contribution in [-0.4, -0.2) is 37.5 Å². The van der Waals surface area contributed by atoms with E-state index >= 15 is 0 Å². The first kappa shape index (κ1) is 11.4. The fourth-order valence-corrected chi connectivity index (χ4v) is 0.841. The Kier molecular flexibility index (Phi) is 4.85. The summed E-state index contributed by atoms with van der Waals surface area (Å²) in [6.07, 6.45) is -1.70. The molecular formula is C8H16O4. The van der Waals surface area contributed by atoms with Gasteiger partial charge in [-0.25, -0.2) is 4.79 Å². The highest BCUT2D eigenvalue weighted by molar-refractivity contribution is 5.75. The number of rotatable bonds is 4. The second-order valence-corrected chi connectivity index (χ2v) is 2.91. The summed E-state index contributed by atoms with van der Waals surface area (Å²) in [7, 11) is 2.63. The van der Waals surface area contributed by atoms with Crippen LogP contribution in [0.5, 0.6) is 0 Å². The minimum absolute atomic E-state index is 0.0333. The zero-order valence-electron chi connectivity index (χ0n) is 7.90. The highest BCUT2D eigenvalue weighted by atomic mass is 16.6. The van der Waals surface area contributed by atoms with E-state index in [-0.39, 0.29) is 5.92 Å². The molecule has 0 bridgehead atoms. The summed E-state index contributed by atoms with van der Waals surface area (Å²) in [6.45, 7) is 3.61. The lowest BCUT2D eigenvalue weighted by Crippen LogP contribution is -2.39. The topological polar surface area (TPSA) is 55.8 Å². The first-order valence-electron chi connectivity index (χ1n) is 3.83. The second-order valence-electron chi connectivity index (χ2n) is 2.91. The molecular weight excluding hydrogens is 160 g/mol. The van der Waals surface area contributed by atoms with E-state index in [0.29, 0.717) is 0 Å². The van der Waals surface area contributed by atoms with E-state index in [1.807, 2.05) is 0 Å². The second kappa shape index (κ2) is 5.11. The van der Waals surface area contributed by atoms with E-state index in [2.05, 4.69) is 4.74 Å². The molecule has 0 radical (unpaired) electrons. The van der Waals surface area contributed by atoms with Gasteiger partial charge in [0.05, 0.1) is 13.2 Å². The van der Waals surface area contributed by atoms with Gasteiger partial charge in [-0.1, -0.05) is 13.8 Å². The summed E-state index contributed by atoms with van der Waals surface area (Å²) in [5.74, 6) is -0.576. The van der Waals surface area contributed by atoms with Crippen molar-refractivity contribution in [3.8, 4) is 0 Å². The van der Waals surface area contributed by atoms with Crippen molar-refractivity contribution in [2.75, 3.05) is 14.2 Å². The minimum atomic E-state index is -0.880. The number of esters is 1. The Morgan fingerprint density at radius 2 is 1.83 bits per heavy atom. The molecule has 1 N–H and O–H groups in total. The van der Waals surface area contributed by atoms with Gasteiger partial charge in [0.15, 0.2) is 6.10 Å². The normalized spacial score (nSPS) is 15.8. The molecule has 0 aliphatic carbocycles. The van der Waals surface area contributed by atoms with Crippen LogP contribution in [0.4, 0.5) is 0 Å². The molecule has 4 heteroatoms. The molecule has 0 aromatic rings. The smallest absolute Gasteiger partial charge is 0.337 e. The molecule has 12 heavy (non-hydrogen) atoms. The molecule has 0 aliphatic rings. The van der Waals surface area contributed by atoms with Crippen LogP contribution in [0, 0.1) is 5.92 Å². The third-order valence-electron chi connectivity index (χ3n) is 1.68. The summed E-state index contributed by atoms with van der Waals surface area (Å²) in [4.78, 5) is 11.0. The van der Waals surface area contributed by atoms with E-state index in [4.69, 9.17) is 4.74 Å². The van der Waals surface area contributed by atoms with Gasteiger partial charge < -0.3 is 14.6 Å². The summed E-state index contributed by atoms with van der Waals surface area (Å²) < 4.78 is 9.25. The number of hydrogen-bond acceptors (Lipinski definition) is 4. The molecule has 0 spiro atoms. The number of carbonyl (C=O) groups excluding carboxylic acids is 1. The van der Waals surface area contributed by atoms with E-state index in [1.54, 1.807) is 13.8 Å². The third kappa shape index (κ3) is 2.79. The quantitative estimate of drug-likeness (QED) is 0.621. The van der Waals surface area contributed by atoms with Crippen LogP contribution in [0.25, 0.3) is 0 Å². The van der Waals surface area contributed by atoms with Crippen LogP contribution in [0.3, 0.4) is 0 Å². The zero-order chi connectivity index (χ0) is 9.72. The predicted molar refractivity (Wildman–Crippen MR) is 43.7 cm³/mol. The Morgan fingerprint density at radius 3 is 2.08 bits per heavy atom. The molecule has 4 nitrogen and oxygen atoms in total. The number of methoxy groups -OCH3 is 2. The van der Waals surface area contributed by atoms with Gasteiger partial charge >= 0.3 is 5.97 Å². The monoisotopic (exact) mass is 176 g/mol. The number of carbonyl (C=O) groups is 1. The van der Waals surface area contributed by atoms with Crippen LogP contribution in [0.15, 0.2) is 0 Å². The number of ether oxygens (including phenoxy) is 2. The van der Waals surface area contributed by atoms with Gasteiger partial charge in [0, 0.05) is 7.11 Å². The Labute approximate surface area is 72.5 Å². The molecule has 72 valence electrons. The standard InChI is InChI=1S/C8H16O4/c1-5(2)6(9)7(11-3)8(10)12-4/h5-7,9H,1-4H3/t6-,7+/m0/s1. The lowest BCUT2D eigenvalue weighted by atomic mass is 10.0. The van der Waals surface area contributed by atoms with Gasteiger partial charge in [0.1, 0.15) is 0 Å². The lowest BCUT2D eigenvalue weighted by molar-refractivity contribution is -0.161. The summed E-state index contributed by atoms with van der Waals surface area (Å²) in [5.41, 5.74) is 0. The summed E-state index contributed by atoms with van der Waals surface area (Å²) >= 11 is 0. The van der Waals surface area contributed by atoms with Gasteiger partial charge in [-0.3, -0.25) is 0 Å². The lowest BCUT2D eigenvalue weighted by Gasteiger charge is -2.21. The minimum Gasteiger partial charge on any atom is -0.467 e. The van der Waals surface area contributed by atoms with Gasteiger partial charge in [-0.15, -0.1) is 0 Å². The van der Waals surface area contributed by atoms with Crippen molar-refractivity contribution in [1.82, 2.24) is 0 Å². The Morgan fingerprint density at radius 1 is 1.33 bits per heavy atom. The number of hydrogen-bond donors (Lipinski definition) is 1. The van der Waals surface area contributed by atoms with Crippen LogP contribution >= 0.6 is 0 Å². The largest absolute Gasteiger partial charge is 0.467 e. The summed E-state index contributed by atoms with van der Waals surface area (Å²) in [5, 5.41) is 9.46. The molecule has 0 saturated heterocycles. The van der Waals surface area contributed by atoms with Crippen molar-refractivity contribution < 1.29 is 19.4 Å². The maximum Gasteiger partial charge on any atom is 0.337 e. The Balaban J connectivity index is 4.23. The molecule has 0 amide bonds. The zero-order valence-corrected chi connectivity index (χ0v) is 7.90.